The van der Waals surface area contributed by atoms with Crippen molar-refractivity contribution in [3.05, 3.63) is 63.6 Å². The summed E-state index contributed by atoms with van der Waals surface area (Å²) in [6, 6.07) is 13.6. The van der Waals surface area contributed by atoms with Crippen LogP contribution in [0.25, 0.3) is 11.5 Å². The number of hydrogen-bond donors (Lipinski definition) is 1. The monoisotopic (exact) mass is 408 g/mol. The lowest BCUT2D eigenvalue weighted by Gasteiger charge is -1.95. The molecule has 3 rings (SSSR count). The number of halogens is 2. The van der Waals surface area contributed by atoms with Gasteiger partial charge in [0.1, 0.15) is 5.82 Å². The van der Waals surface area contributed by atoms with Gasteiger partial charge in [-0.1, -0.05) is 24.3 Å². The van der Waals surface area contributed by atoms with E-state index in [4.69, 9.17) is 4.42 Å². The molecule has 0 saturated carbocycles. The molecule has 0 amide bonds. The van der Waals surface area contributed by atoms with Crippen molar-refractivity contribution >= 4 is 34.5 Å². The third-order valence-corrected chi connectivity index (χ3v) is 3.83. The highest BCUT2D eigenvalue weighted by Gasteiger charge is 2.15. The average Bonchev–Trinajstić information content (AvgIpc) is 2.88. The Labute approximate surface area is 139 Å². The fraction of sp³-hybridized carbons (Fsp3) is 0. The van der Waals surface area contributed by atoms with Crippen LogP contribution in [0.5, 0.6) is 5.95 Å². The number of benzene rings is 2. The Balaban J connectivity index is 1.94. The second-order valence-electron chi connectivity index (χ2n) is 4.40. The molecule has 0 aliphatic rings. The molecule has 1 N–H and O–H groups in total. The van der Waals surface area contributed by atoms with Gasteiger partial charge in [0, 0.05) is 3.57 Å². The minimum Gasteiger partial charge on any atom is -0.479 e. The summed E-state index contributed by atoms with van der Waals surface area (Å²) in [5, 5.41) is 9.79. The van der Waals surface area contributed by atoms with Crippen molar-refractivity contribution in [1.29, 1.82) is 0 Å². The second kappa shape index (κ2) is 6.27. The smallest absolute Gasteiger partial charge is 0.312 e. The van der Waals surface area contributed by atoms with Crippen LogP contribution in [0.4, 0.5) is 10.1 Å². The molecule has 0 unspecified atom stereocenters. The average molecular weight is 408 g/mol. The zero-order chi connectivity index (χ0) is 15.5. The number of hydrogen-bond acceptors (Lipinski definition) is 4. The van der Waals surface area contributed by atoms with Crippen LogP contribution in [0.1, 0.15) is 5.69 Å². The number of nitrogens with zero attached hydrogens (tertiary/aromatic N) is 2. The largest absolute Gasteiger partial charge is 0.479 e. The SMILES string of the molecule is Oc1oc(-c2ccccc2F)nc1C=Nc1ccccc1I. The van der Waals surface area contributed by atoms with Gasteiger partial charge in [-0.3, -0.25) is 4.99 Å². The quantitative estimate of drug-likeness (QED) is 0.512. The van der Waals surface area contributed by atoms with Crippen molar-refractivity contribution < 1.29 is 13.9 Å². The van der Waals surface area contributed by atoms with E-state index >= 15 is 0 Å². The maximum absolute atomic E-state index is 13.7. The molecule has 0 spiro atoms. The van der Waals surface area contributed by atoms with E-state index in [9.17, 15) is 9.50 Å². The molecule has 0 saturated heterocycles. The molecular weight excluding hydrogens is 398 g/mol. The van der Waals surface area contributed by atoms with Crippen LogP contribution in [0, 0.1) is 9.39 Å². The van der Waals surface area contributed by atoms with Crippen LogP contribution in [-0.2, 0) is 0 Å². The summed E-state index contributed by atoms with van der Waals surface area (Å²) in [5.41, 5.74) is 1.09. The molecule has 1 heterocycles. The third-order valence-electron chi connectivity index (χ3n) is 2.92. The molecule has 22 heavy (non-hydrogen) atoms. The number of aromatic hydroxyl groups is 1. The zero-order valence-corrected chi connectivity index (χ0v) is 13.4. The molecule has 0 atom stereocenters. The van der Waals surface area contributed by atoms with Gasteiger partial charge in [0.15, 0.2) is 5.69 Å². The number of rotatable bonds is 3. The fourth-order valence-electron chi connectivity index (χ4n) is 1.84. The maximum atomic E-state index is 13.7. The van der Waals surface area contributed by atoms with E-state index in [1.165, 1.54) is 18.3 Å². The molecule has 3 aromatic rings. The van der Waals surface area contributed by atoms with Gasteiger partial charge in [-0.05, 0) is 46.9 Å². The Morgan fingerprint density at radius 2 is 1.86 bits per heavy atom. The lowest BCUT2D eigenvalue weighted by Crippen LogP contribution is -1.85. The first-order chi connectivity index (χ1) is 10.6. The Kier molecular flexibility index (Phi) is 4.19. The number of para-hydroxylation sites is 1. The van der Waals surface area contributed by atoms with Gasteiger partial charge >= 0.3 is 5.95 Å². The molecule has 1 aromatic heterocycles. The molecular formula is C16H10FIN2O2. The highest BCUT2D eigenvalue weighted by atomic mass is 127. The molecule has 4 nitrogen and oxygen atoms in total. The summed E-state index contributed by atoms with van der Waals surface area (Å²) < 4.78 is 19.8. The minimum absolute atomic E-state index is 0.0137. The highest BCUT2D eigenvalue weighted by Crippen LogP contribution is 2.28. The van der Waals surface area contributed by atoms with Crippen molar-refractivity contribution in [2.45, 2.75) is 0 Å². The van der Waals surface area contributed by atoms with Crippen molar-refractivity contribution in [3.8, 4) is 17.4 Å². The minimum atomic E-state index is -0.468. The summed E-state index contributed by atoms with van der Waals surface area (Å²) in [7, 11) is 0. The summed E-state index contributed by atoms with van der Waals surface area (Å²) in [5.74, 6) is -0.849. The Morgan fingerprint density at radius 1 is 1.14 bits per heavy atom. The van der Waals surface area contributed by atoms with Gasteiger partial charge < -0.3 is 9.52 Å². The van der Waals surface area contributed by atoms with Gasteiger partial charge in [0.2, 0.25) is 5.89 Å². The molecule has 0 aliphatic heterocycles. The van der Waals surface area contributed by atoms with E-state index in [0.717, 1.165) is 9.26 Å². The molecule has 110 valence electrons. The Morgan fingerprint density at radius 3 is 2.64 bits per heavy atom. The molecule has 2 aromatic carbocycles. The van der Waals surface area contributed by atoms with Gasteiger partial charge in [0.25, 0.3) is 0 Å². The molecule has 0 aliphatic carbocycles. The fourth-order valence-corrected chi connectivity index (χ4v) is 2.37. The lowest BCUT2D eigenvalue weighted by atomic mass is 10.2. The molecule has 0 fully saturated rings. The van der Waals surface area contributed by atoms with Gasteiger partial charge in [-0.2, -0.15) is 0 Å². The van der Waals surface area contributed by atoms with E-state index in [1.54, 1.807) is 12.1 Å². The summed E-state index contributed by atoms with van der Waals surface area (Å²) in [4.78, 5) is 8.33. The van der Waals surface area contributed by atoms with Crippen molar-refractivity contribution in [2.24, 2.45) is 4.99 Å². The first kappa shape index (κ1) is 14.7. The Bertz CT molecular complexity index is 846. The lowest BCUT2D eigenvalue weighted by molar-refractivity contribution is 0.336. The van der Waals surface area contributed by atoms with E-state index in [2.05, 4.69) is 32.6 Å². The normalized spacial score (nSPS) is 11.2. The summed E-state index contributed by atoms with van der Waals surface area (Å²) in [6.07, 6.45) is 1.39. The van der Waals surface area contributed by atoms with Gasteiger partial charge in [0.05, 0.1) is 17.5 Å². The number of oxazole rings is 1. The third kappa shape index (κ3) is 3.01. The van der Waals surface area contributed by atoms with E-state index in [-0.39, 0.29) is 17.1 Å². The summed E-state index contributed by atoms with van der Waals surface area (Å²) >= 11 is 2.16. The predicted molar refractivity (Wildman–Crippen MR) is 90.0 cm³/mol. The van der Waals surface area contributed by atoms with E-state index in [0.29, 0.717) is 0 Å². The topological polar surface area (TPSA) is 58.6 Å². The molecule has 6 heteroatoms. The predicted octanol–water partition coefficient (Wildman–Crippen LogP) is 4.54. The van der Waals surface area contributed by atoms with E-state index < -0.39 is 11.8 Å². The van der Waals surface area contributed by atoms with Crippen LogP contribution in [0.2, 0.25) is 0 Å². The summed E-state index contributed by atoms with van der Waals surface area (Å²) in [6.45, 7) is 0. The van der Waals surface area contributed by atoms with E-state index in [1.807, 2.05) is 24.3 Å². The maximum Gasteiger partial charge on any atom is 0.312 e. The first-order valence-electron chi connectivity index (χ1n) is 6.38. The zero-order valence-electron chi connectivity index (χ0n) is 11.2. The standard InChI is InChI=1S/C16H10FIN2O2/c17-11-6-2-1-5-10(11)15-20-14(16(21)22-15)9-19-13-8-4-3-7-12(13)18/h1-9,21H. The van der Waals surface area contributed by atoms with Crippen LogP contribution >= 0.6 is 22.6 Å². The van der Waals surface area contributed by atoms with Crippen LogP contribution in [-0.4, -0.2) is 16.3 Å². The van der Waals surface area contributed by atoms with Crippen molar-refractivity contribution in [1.82, 2.24) is 4.98 Å². The Hall–Kier alpha value is -2.22. The van der Waals surface area contributed by atoms with Crippen LogP contribution in [0.15, 0.2) is 57.9 Å². The second-order valence-corrected chi connectivity index (χ2v) is 5.56. The van der Waals surface area contributed by atoms with Gasteiger partial charge in [-0.25, -0.2) is 9.37 Å². The molecule has 0 radical (unpaired) electrons. The highest BCUT2D eigenvalue weighted by molar-refractivity contribution is 14.1. The van der Waals surface area contributed by atoms with Crippen LogP contribution in [0.3, 0.4) is 0 Å². The van der Waals surface area contributed by atoms with Crippen molar-refractivity contribution in [3.63, 3.8) is 0 Å². The van der Waals surface area contributed by atoms with Crippen molar-refractivity contribution in [2.75, 3.05) is 0 Å². The molecule has 0 bridgehead atoms. The van der Waals surface area contributed by atoms with Gasteiger partial charge in [-0.15, -0.1) is 0 Å². The first-order valence-corrected chi connectivity index (χ1v) is 7.46. The number of aromatic nitrogens is 1. The number of aliphatic imine (C=N–C) groups is 1. The van der Waals surface area contributed by atoms with Crippen LogP contribution < -0.4 is 0 Å².